The molecule has 194 valence electrons. The van der Waals surface area contributed by atoms with Gasteiger partial charge in [0, 0.05) is 28.3 Å². The summed E-state index contributed by atoms with van der Waals surface area (Å²) in [6.45, 7) is 2.24. The van der Waals surface area contributed by atoms with E-state index in [1.54, 1.807) is 0 Å². The molecule has 0 aromatic heterocycles. The van der Waals surface area contributed by atoms with E-state index in [0.29, 0.717) is 34.8 Å². The van der Waals surface area contributed by atoms with Crippen LogP contribution in [0.25, 0.3) is 16.5 Å². The Hall–Kier alpha value is -3.43. The SMILES string of the molecule is COC(=O)C1=C(C)NC2=C(C(=O)c3ccccc32)[C@@H]1c1cc(Br)c(OCc2cccc3ccccc23)c(I)c1. The van der Waals surface area contributed by atoms with E-state index in [1.165, 1.54) is 7.11 Å². The number of hydrogen-bond donors (Lipinski definition) is 1. The predicted octanol–water partition coefficient (Wildman–Crippen LogP) is 7.53. The lowest BCUT2D eigenvalue weighted by molar-refractivity contribution is -0.136. The summed E-state index contributed by atoms with van der Waals surface area (Å²) < 4.78 is 13.1. The first-order valence-electron chi connectivity index (χ1n) is 12.4. The molecule has 4 aromatic carbocycles. The van der Waals surface area contributed by atoms with Crippen LogP contribution in [0, 0.1) is 3.57 Å². The molecule has 39 heavy (non-hydrogen) atoms. The highest BCUT2D eigenvalue weighted by atomic mass is 127. The van der Waals surface area contributed by atoms with Gasteiger partial charge in [0.05, 0.1) is 26.4 Å². The molecule has 0 radical (unpaired) electrons. The zero-order chi connectivity index (χ0) is 27.3. The van der Waals surface area contributed by atoms with Gasteiger partial charge >= 0.3 is 5.97 Å². The van der Waals surface area contributed by atoms with Gasteiger partial charge < -0.3 is 14.8 Å². The van der Waals surface area contributed by atoms with E-state index in [9.17, 15) is 9.59 Å². The van der Waals surface area contributed by atoms with Crippen LogP contribution in [0.2, 0.25) is 0 Å². The van der Waals surface area contributed by atoms with Gasteiger partial charge in [0.1, 0.15) is 12.4 Å². The normalized spacial score (nSPS) is 16.2. The largest absolute Gasteiger partial charge is 0.487 e. The first kappa shape index (κ1) is 25.8. The maximum atomic E-state index is 13.7. The van der Waals surface area contributed by atoms with Crippen LogP contribution in [0.3, 0.4) is 0 Å². The molecule has 0 amide bonds. The van der Waals surface area contributed by atoms with Gasteiger partial charge in [0.25, 0.3) is 0 Å². The molecule has 0 bridgehead atoms. The van der Waals surface area contributed by atoms with Crippen LogP contribution in [0.15, 0.2) is 100 Å². The molecule has 1 aliphatic carbocycles. The summed E-state index contributed by atoms with van der Waals surface area (Å²) in [6, 6.07) is 25.9. The van der Waals surface area contributed by atoms with Crippen LogP contribution in [-0.2, 0) is 16.1 Å². The molecule has 4 aromatic rings. The number of allylic oxidation sites excluding steroid dienone is 2. The van der Waals surface area contributed by atoms with Gasteiger partial charge in [-0.3, -0.25) is 4.79 Å². The molecular formula is C32H23BrINO4. The van der Waals surface area contributed by atoms with Crippen molar-refractivity contribution < 1.29 is 19.1 Å². The fraction of sp³-hybridized carbons (Fsp3) is 0.125. The Morgan fingerprint density at radius 3 is 2.49 bits per heavy atom. The standard InChI is InChI=1S/C32H23BrINO4/c1-17-26(32(37)38-2)27(28-29(35-17)22-12-5-6-13-23(22)30(28)36)20-14-24(33)31(25(34)15-20)39-16-19-10-7-9-18-8-3-4-11-21(18)19/h3-15,27,35H,16H2,1-2H3/t27-/m1/s1. The molecule has 7 heteroatoms. The van der Waals surface area contributed by atoms with Crippen molar-refractivity contribution in [2.45, 2.75) is 19.4 Å². The van der Waals surface area contributed by atoms with Crippen molar-refractivity contribution in [3.63, 3.8) is 0 Å². The van der Waals surface area contributed by atoms with Crippen molar-refractivity contribution in [3.8, 4) is 5.75 Å². The Bertz CT molecular complexity index is 1730. The number of carbonyl (C=O) groups excluding carboxylic acids is 2. The minimum Gasteiger partial charge on any atom is -0.487 e. The van der Waals surface area contributed by atoms with E-state index >= 15 is 0 Å². The summed E-state index contributed by atoms with van der Waals surface area (Å²) in [6.07, 6.45) is 0. The van der Waals surface area contributed by atoms with E-state index in [2.05, 4.69) is 68.1 Å². The number of fused-ring (bicyclic) bond motifs is 3. The Morgan fingerprint density at radius 1 is 1.00 bits per heavy atom. The quantitative estimate of drug-likeness (QED) is 0.173. The summed E-state index contributed by atoms with van der Waals surface area (Å²) >= 11 is 5.96. The number of halogens is 2. The summed E-state index contributed by atoms with van der Waals surface area (Å²) in [7, 11) is 1.36. The molecule has 5 nitrogen and oxygen atoms in total. The number of ketones is 1. The fourth-order valence-corrected chi connectivity index (χ4v) is 7.26. The molecule has 1 heterocycles. The third-order valence-electron chi connectivity index (χ3n) is 7.26. The molecule has 0 fully saturated rings. The summed E-state index contributed by atoms with van der Waals surface area (Å²) in [5, 5.41) is 5.64. The maximum absolute atomic E-state index is 13.7. The minimum atomic E-state index is -0.592. The smallest absolute Gasteiger partial charge is 0.336 e. The number of carbonyl (C=O) groups is 2. The van der Waals surface area contributed by atoms with Gasteiger partial charge in [-0.1, -0.05) is 66.7 Å². The van der Waals surface area contributed by atoms with Gasteiger partial charge in [0.15, 0.2) is 5.78 Å². The topological polar surface area (TPSA) is 64.6 Å². The van der Waals surface area contributed by atoms with Gasteiger partial charge in [-0.05, 0) is 79.5 Å². The lowest BCUT2D eigenvalue weighted by atomic mass is 9.80. The molecule has 0 saturated carbocycles. The number of ether oxygens (including phenoxy) is 2. The van der Waals surface area contributed by atoms with Crippen molar-refractivity contribution in [2.24, 2.45) is 0 Å². The van der Waals surface area contributed by atoms with Crippen LogP contribution in [0.5, 0.6) is 5.75 Å². The predicted molar refractivity (Wildman–Crippen MR) is 163 cm³/mol. The Kier molecular flexibility index (Phi) is 6.81. The van der Waals surface area contributed by atoms with E-state index < -0.39 is 11.9 Å². The summed E-state index contributed by atoms with van der Waals surface area (Å²) in [5.74, 6) is -0.445. The number of esters is 1. The Labute approximate surface area is 248 Å². The summed E-state index contributed by atoms with van der Waals surface area (Å²) in [5.41, 5.74) is 5.74. The molecule has 0 unspecified atom stereocenters. The van der Waals surface area contributed by atoms with Crippen molar-refractivity contribution in [3.05, 3.63) is 126 Å². The van der Waals surface area contributed by atoms with Crippen LogP contribution in [0.4, 0.5) is 0 Å². The number of hydrogen-bond acceptors (Lipinski definition) is 5. The second-order valence-corrected chi connectivity index (χ2v) is 11.5. The number of nitrogens with one attached hydrogen (secondary N) is 1. The van der Waals surface area contributed by atoms with Crippen molar-refractivity contribution in [2.75, 3.05) is 7.11 Å². The van der Waals surface area contributed by atoms with Gasteiger partial charge in [-0.15, -0.1) is 0 Å². The molecular weight excluding hydrogens is 669 g/mol. The van der Waals surface area contributed by atoms with Crippen LogP contribution >= 0.6 is 38.5 Å². The molecule has 0 spiro atoms. The second kappa shape index (κ2) is 10.3. The molecule has 1 atom stereocenters. The first-order chi connectivity index (χ1) is 18.9. The van der Waals surface area contributed by atoms with Gasteiger partial charge in [0.2, 0.25) is 0 Å². The highest BCUT2D eigenvalue weighted by Gasteiger charge is 2.43. The third kappa shape index (κ3) is 4.37. The molecule has 1 aliphatic heterocycles. The van der Waals surface area contributed by atoms with E-state index in [0.717, 1.165) is 41.2 Å². The minimum absolute atomic E-state index is 0.0885. The fourth-order valence-electron chi connectivity index (χ4n) is 5.50. The highest BCUT2D eigenvalue weighted by Crippen LogP contribution is 2.48. The molecule has 1 N–H and O–H groups in total. The van der Waals surface area contributed by atoms with Crippen LogP contribution in [-0.4, -0.2) is 18.9 Å². The number of methoxy groups -OCH3 is 1. The first-order valence-corrected chi connectivity index (χ1v) is 14.3. The van der Waals surface area contributed by atoms with Gasteiger partial charge in [-0.2, -0.15) is 0 Å². The zero-order valence-corrected chi connectivity index (χ0v) is 24.9. The molecule has 0 saturated heterocycles. The van der Waals surface area contributed by atoms with E-state index in [1.807, 2.05) is 61.5 Å². The second-order valence-electron chi connectivity index (χ2n) is 9.49. The van der Waals surface area contributed by atoms with Crippen molar-refractivity contribution in [1.29, 1.82) is 0 Å². The van der Waals surface area contributed by atoms with E-state index in [4.69, 9.17) is 9.47 Å². The molecule has 2 aliphatic rings. The Morgan fingerprint density at radius 2 is 1.72 bits per heavy atom. The van der Waals surface area contributed by atoms with Crippen LogP contribution in [0.1, 0.15) is 39.9 Å². The lowest BCUT2D eigenvalue weighted by Gasteiger charge is -2.29. The van der Waals surface area contributed by atoms with E-state index in [-0.39, 0.29) is 5.78 Å². The third-order valence-corrected chi connectivity index (χ3v) is 8.65. The number of dihydropyridines is 1. The number of rotatable bonds is 5. The van der Waals surface area contributed by atoms with Crippen LogP contribution < -0.4 is 10.1 Å². The monoisotopic (exact) mass is 691 g/mol. The number of benzene rings is 4. The number of Topliss-reactive ketones (excluding diaryl/α,β-unsaturated/α-hetero) is 1. The summed E-state index contributed by atoms with van der Waals surface area (Å²) in [4.78, 5) is 26.7. The molecule has 6 rings (SSSR count). The zero-order valence-electron chi connectivity index (χ0n) is 21.2. The van der Waals surface area contributed by atoms with Crippen molar-refractivity contribution >= 4 is 66.7 Å². The van der Waals surface area contributed by atoms with Gasteiger partial charge in [-0.25, -0.2) is 4.79 Å². The average Bonchev–Trinajstić information content (AvgIpc) is 3.22. The van der Waals surface area contributed by atoms with Crippen molar-refractivity contribution in [1.82, 2.24) is 5.32 Å². The Balaban J connectivity index is 1.41. The average molecular weight is 692 g/mol. The highest BCUT2D eigenvalue weighted by molar-refractivity contribution is 14.1. The maximum Gasteiger partial charge on any atom is 0.336 e. The lowest BCUT2D eigenvalue weighted by Crippen LogP contribution is -2.29.